The summed E-state index contributed by atoms with van der Waals surface area (Å²) in [6.07, 6.45) is 1.70. The molecule has 34 heavy (non-hydrogen) atoms. The third-order valence-electron chi connectivity index (χ3n) is 5.94. The molecule has 1 N–H and O–H groups in total. The number of methoxy groups -OCH3 is 1. The van der Waals surface area contributed by atoms with Gasteiger partial charge >= 0.3 is 5.97 Å². The highest BCUT2D eigenvalue weighted by atomic mass is 16.5. The Morgan fingerprint density at radius 2 is 1.50 bits per heavy atom. The van der Waals surface area contributed by atoms with E-state index < -0.39 is 6.04 Å². The molecule has 2 unspecified atom stereocenters. The van der Waals surface area contributed by atoms with E-state index in [9.17, 15) is 9.59 Å². The molecule has 3 aromatic rings. The summed E-state index contributed by atoms with van der Waals surface area (Å²) in [4.78, 5) is 25.0. The minimum atomic E-state index is -0.541. The van der Waals surface area contributed by atoms with Crippen LogP contribution in [0.4, 0.5) is 5.69 Å². The summed E-state index contributed by atoms with van der Waals surface area (Å²) in [6.45, 7) is 0.483. The van der Waals surface area contributed by atoms with Crippen molar-refractivity contribution >= 4 is 23.3 Å². The van der Waals surface area contributed by atoms with Crippen molar-refractivity contribution in [2.45, 2.75) is 31.2 Å². The molecule has 1 aliphatic rings. The van der Waals surface area contributed by atoms with E-state index in [1.54, 1.807) is 0 Å². The second-order valence-corrected chi connectivity index (χ2v) is 8.19. The second-order valence-electron chi connectivity index (χ2n) is 8.19. The van der Waals surface area contributed by atoms with Crippen LogP contribution in [-0.4, -0.2) is 37.3 Å². The molecule has 6 heteroatoms. The Morgan fingerprint density at radius 3 is 2.15 bits per heavy atom. The first-order valence-corrected chi connectivity index (χ1v) is 11.6. The van der Waals surface area contributed by atoms with Crippen molar-refractivity contribution in [3.05, 3.63) is 102 Å². The van der Waals surface area contributed by atoms with Crippen LogP contribution in [0.3, 0.4) is 0 Å². The predicted molar refractivity (Wildman–Crippen MR) is 134 cm³/mol. The molecule has 0 bridgehead atoms. The number of benzene rings is 3. The molecule has 0 saturated heterocycles. The molecule has 0 spiro atoms. The molecule has 174 valence electrons. The number of hydrazone groups is 1. The normalized spacial score (nSPS) is 17.2. The first-order valence-electron chi connectivity index (χ1n) is 11.6. The predicted octanol–water partition coefficient (Wildman–Crippen LogP) is 4.52. The second kappa shape index (κ2) is 11.3. The number of ether oxygens (including phenoxy) is 1. The van der Waals surface area contributed by atoms with Crippen molar-refractivity contribution in [3.8, 4) is 0 Å². The maximum atomic E-state index is 13.6. The quantitative estimate of drug-likeness (QED) is 0.380. The van der Waals surface area contributed by atoms with Crippen LogP contribution in [0.1, 0.15) is 36.3 Å². The molecule has 3 aromatic carbocycles. The van der Waals surface area contributed by atoms with Crippen LogP contribution in [0.2, 0.25) is 0 Å². The Labute approximate surface area is 200 Å². The fraction of sp³-hybridized carbons (Fsp3) is 0.250. The molecule has 2 atom stereocenters. The fourth-order valence-corrected chi connectivity index (χ4v) is 4.25. The summed E-state index contributed by atoms with van der Waals surface area (Å²) >= 11 is 0. The van der Waals surface area contributed by atoms with Gasteiger partial charge in [-0.15, -0.1) is 0 Å². The Kier molecular flexibility index (Phi) is 7.71. The van der Waals surface area contributed by atoms with Gasteiger partial charge in [0.05, 0.1) is 24.4 Å². The monoisotopic (exact) mass is 455 g/mol. The smallest absolute Gasteiger partial charge is 0.305 e. The van der Waals surface area contributed by atoms with Crippen LogP contribution in [0.25, 0.3) is 0 Å². The lowest BCUT2D eigenvalue weighted by atomic mass is 9.84. The number of carbonyl (C=O) groups is 2. The molecule has 0 fully saturated rings. The van der Waals surface area contributed by atoms with E-state index in [-0.39, 0.29) is 17.8 Å². The summed E-state index contributed by atoms with van der Waals surface area (Å²) in [6, 6.07) is 29.3. The van der Waals surface area contributed by atoms with Gasteiger partial charge in [0.2, 0.25) is 5.91 Å². The molecule has 1 aliphatic heterocycles. The maximum Gasteiger partial charge on any atom is 0.305 e. The minimum Gasteiger partial charge on any atom is -0.469 e. The summed E-state index contributed by atoms with van der Waals surface area (Å²) in [7, 11) is 1.39. The van der Waals surface area contributed by atoms with Crippen LogP contribution in [0.5, 0.6) is 0 Å². The van der Waals surface area contributed by atoms with E-state index in [0.29, 0.717) is 25.8 Å². The van der Waals surface area contributed by atoms with Gasteiger partial charge in [-0.05, 0) is 36.1 Å². The SMILES string of the molecule is COC(=O)CCCCNC(=O)C1C(c2ccccc2)C(c2ccccc2)=NN1c1ccccc1. The zero-order valence-electron chi connectivity index (χ0n) is 19.3. The molecule has 4 rings (SSSR count). The zero-order valence-corrected chi connectivity index (χ0v) is 19.3. The van der Waals surface area contributed by atoms with Crippen molar-refractivity contribution in [2.75, 3.05) is 18.7 Å². The number of nitrogens with one attached hydrogen (secondary N) is 1. The van der Waals surface area contributed by atoms with E-state index in [0.717, 1.165) is 22.5 Å². The van der Waals surface area contributed by atoms with E-state index in [4.69, 9.17) is 9.84 Å². The third kappa shape index (κ3) is 5.34. The Hall–Kier alpha value is -3.93. The van der Waals surface area contributed by atoms with Crippen molar-refractivity contribution in [2.24, 2.45) is 5.10 Å². The van der Waals surface area contributed by atoms with Crippen LogP contribution in [0.15, 0.2) is 96.1 Å². The van der Waals surface area contributed by atoms with E-state index in [1.165, 1.54) is 7.11 Å². The molecule has 0 radical (unpaired) electrons. The van der Waals surface area contributed by atoms with Gasteiger partial charge in [0.1, 0.15) is 6.04 Å². The number of anilines is 1. The van der Waals surface area contributed by atoms with Crippen molar-refractivity contribution < 1.29 is 14.3 Å². The average molecular weight is 456 g/mol. The Balaban J connectivity index is 1.64. The fourth-order valence-electron chi connectivity index (χ4n) is 4.25. The topological polar surface area (TPSA) is 71.0 Å². The van der Waals surface area contributed by atoms with Gasteiger partial charge in [-0.1, -0.05) is 78.9 Å². The summed E-state index contributed by atoms with van der Waals surface area (Å²) in [5.41, 5.74) is 3.75. The summed E-state index contributed by atoms with van der Waals surface area (Å²) < 4.78 is 4.69. The number of amides is 1. The summed E-state index contributed by atoms with van der Waals surface area (Å²) in [5, 5.41) is 9.91. The van der Waals surface area contributed by atoms with Crippen molar-refractivity contribution in [1.29, 1.82) is 0 Å². The molecule has 6 nitrogen and oxygen atoms in total. The van der Waals surface area contributed by atoms with Gasteiger partial charge in [-0.25, -0.2) is 0 Å². The molecule has 1 heterocycles. The first kappa shape index (κ1) is 23.2. The molecule has 0 aliphatic carbocycles. The van der Waals surface area contributed by atoms with Gasteiger partial charge in [0.15, 0.2) is 0 Å². The standard InChI is InChI=1S/C28H29N3O3/c1-34-24(32)19-11-12-20-29-28(33)27-25(21-13-5-2-6-14-21)26(22-15-7-3-8-16-22)30-31(27)23-17-9-4-10-18-23/h2-10,13-18,25,27H,11-12,19-20H2,1H3,(H,29,33). The minimum absolute atomic E-state index is 0.0922. The van der Waals surface area contributed by atoms with E-state index >= 15 is 0 Å². The van der Waals surface area contributed by atoms with Crippen LogP contribution >= 0.6 is 0 Å². The number of unbranched alkanes of at least 4 members (excludes halogenated alkanes) is 1. The van der Waals surface area contributed by atoms with Gasteiger partial charge in [0.25, 0.3) is 0 Å². The number of carbonyl (C=O) groups excluding carboxylic acids is 2. The number of para-hydroxylation sites is 1. The van der Waals surface area contributed by atoms with Gasteiger partial charge in [-0.3, -0.25) is 14.6 Å². The third-order valence-corrected chi connectivity index (χ3v) is 5.94. The number of esters is 1. The Bertz CT molecular complexity index is 1120. The lowest BCUT2D eigenvalue weighted by Crippen LogP contribution is -2.46. The van der Waals surface area contributed by atoms with Gasteiger partial charge in [-0.2, -0.15) is 5.10 Å². The zero-order chi connectivity index (χ0) is 23.8. The maximum absolute atomic E-state index is 13.6. The lowest BCUT2D eigenvalue weighted by molar-refractivity contribution is -0.140. The molecule has 1 amide bonds. The number of hydrogen-bond acceptors (Lipinski definition) is 5. The molecule has 0 aromatic heterocycles. The van der Waals surface area contributed by atoms with E-state index in [1.807, 2.05) is 96.0 Å². The van der Waals surface area contributed by atoms with Gasteiger partial charge < -0.3 is 10.1 Å². The summed E-state index contributed by atoms with van der Waals surface area (Å²) in [5.74, 6) is -0.563. The van der Waals surface area contributed by atoms with Crippen LogP contribution in [0, 0.1) is 0 Å². The van der Waals surface area contributed by atoms with Crippen LogP contribution < -0.4 is 10.3 Å². The first-order chi connectivity index (χ1) is 16.7. The highest BCUT2D eigenvalue weighted by Crippen LogP contribution is 2.37. The lowest BCUT2D eigenvalue weighted by Gasteiger charge is -2.27. The van der Waals surface area contributed by atoms with E-state index in [2.05, 4.69) is 5.32 Å². The van der Waals surface area contributed by atoms with Crippen molar-refractivity contribution in [3.63, 3.8) is 0 Å². The Morgan fingerprint density at radius 1 is 0.882 bits per heavy atom. The number of rotatable bonds is 9. The highest BCUT2D eigenvalue weighted by molar-refractivity contribution is 6.11. The largest absolute Gasteiger partial charge is 0.469 e. The molecule has 0 saturated carbocycles. The number of hydrogen-bond donors (Lipinski definition) is 1. The van der Waals surface area contributed by atoms with Crippen molar-refractivity contribution in [1.82, 2.24) is 5.32 Å². The number of nitrogens with zero attached hydrogens (tertiary/aromatic N) is 2. The van der Waals surface area contributed by atoms with Crippen LogP contribution in [-0.2, 0) is 14.3 Å². The average Bonchev–Trinajstić information content (AvgIpc) is 3.30. The molecular weight excluding hydrogens is 426 g/mol. The molecular formula is C28H29N3O3. The highest BCUT2D eigenvalue weighted by Gasteiger charge is 2.44. The van der Waals surface area contributed by atoms with Gasteiger partial charge in [0, 0.05) is 13.0 Å².